The molecule has 34 heavy (non-hydrogen) atoms. The number of hydrogen-bond acceptors (Lipinski definition) is 6. The Kier molecular flexibility index (Phi) is 8.81. The number of nitrogens with one attached hydrogen (secondary N) is 2. The van der Waals surface area contributed by atoms with Crippen molar-refractivity contribution in [2.45, 2.75) is 58.4 Å². The normalized spacial score (nSPS) is 13.6. The van der Waals surface area contributed by atoms with Crippen molar-refractivity contribution in [2.75, 3.05) is 25.1 Å². The van der Waals surface area contributed by atoms with Crippen LogP contribution in [0.1, 0.15) is 58.6 Å². The van der Waals surface area contributed by atoms with Crippen LogP contribution in [0.4, 0.5) is 5.82 Å². The molecule has 1 amide bonds. The number of carboxylic acids is 1. The molecule has 0 bridgehead atoms. The van der Waals surface area contributed by atoms with Crippen LogP contribution in [-0.2, 0) is 29.4 Å². The zero-order chi connectivity index (χ0) is 24.7. The fourth-order valence-corrected chi connectivity index (χ4v) is 4.13. The minimum Gasteiger partial charge on any atom is -0.480 e. The lowest BCUT2D eigenvalue weighted by atomic mass is 10.1. The van der Waals surface area contributed by atoms with Crippen LogP contribution in [0.2, 0.25) is 0 Å². The van der Waals surface area contributed by atoms with Crippen molar-refractivity contribution in [3.63, 3.8) is 0 Å². The number of aliphatic carboxylic acids is 1. The summed E-state index contributed by atoms with van der Waals surface area (Å²) >= 11 is 0. The third-order valence-corrected chi connectivity index (χ3v) is 6.23. The van der Waals surface area contributed by atoms with Gasteiger partial charge in [-0.05, 0) is 63.1 Å². The fourth-order valence-electron chi connectivity index (χ4n) is 4.13. The van der Waals surface area contributed by atoms with Gasteiger partial charge in [-0.25, -0.2) is 9.78 Å². The first-order valence-corrected chi connectivity index (χ1v) is 11.8. The van der Waals surface area contributed by atoms with Crippen LogP contribution >= 0.6 is 0 Å². The van der Waals surface area contributed by atoms with E-state index in [1.807, 2.05) is 0 Å². The van der Waals surface area contributed by atoms with E-state index >= 15 is 0 Å². The largest absolute Gasteiger partial charge is 0.480 e. The van der Waals surface area contributed by atoms with E-state index in [1.54, 1.807) is 20.9 Å². The van der Waals surface area contributed by atoms with Crippen LogP contribution in [0.15, 0.2) is 23.0 Å². The number of rotatable bonds is 11. The number of hydrogen-bond donors (Lipinski definition) is 3. The molecule has 9 nitrogen and oxygen atoms in total. The summed E-state index contributed by atoms with van der Waals surface area (Å²) in [5.74, 6) is -0.626. The van der Waals surface area contributed by atoms with E-state index in [9.17, 15) is 19.5 Å². The van der Waals surface area contributed by atoms with Gasteiger partial charge in [0.25, 0.3) is 11.5 Å². The molecular formula is C25H34N4O5. The number of nitrogens with zero attached hydrogens (tertiary/aromatic N) is 2. The van der Waals surface area contributed by atoms with Crippen molar-refractivity contribution in [1.82, 2.24) is 14.9 Å². The minimum absolute atomic E-state index is 0.156. The van der Waals surface area contributed by atoms with Crippen molar-refractivity contribution in [2.24, 2.45) is 7.05 Å². The number of carbonyl (C=O) groups is 2. The van der Waals surface area contributed by atoms with Crippen molar-refractivity contribution >= 4 is 17.7 Å². The van der Waals surface area contributed by atoms with Crippen LogP contribution in [0.5, 0.6) is 0 Å². The highest BCUT2D eigenvalue weighted by atomic mass is 16.5. The van der Waals surface area contributed by atoms with E-state index in [0.717, 1.165) is 50.2 Å². The molecule has 0 saturated carbocycles. The van der Waals surface area contributed by atoms with E-state index in [0.29, 0.717) is 23.4 Å². The number of amides is 1. The van der Waals surface area contributed by atoms with E-state index < -0.39 is 17.9 Å². The summed E-state index contributed by atoms with van der Waals surface area (Å²) in [6.45, 7) is 5.04. The number of aromatic nitrogens is 2. The predicted octanol–water partition coefficient (Wildman–Crippen LogP) is 2.37. The Morgan fingerprint density at radius 2 is 2.06 bits per heavy atom. The predicted molar refractivity (Wildman–Crippen MR) is 129 cm³/mol. The summed E-state index contributed by atoms with van der Waals surface area (Å²) in [6, 6.07) is 4.53. The van der Waals surface area contributed by atoms with Crippen LogP contribution in [-0.4, -0.2) is 52.3 Å². The van der Waals surface area contributed by atoms with Gasteiger partial charge in [0.2, 0.25) is 0 Å². The third-order valence-electron chi connectivity index (χ3n) is 6.23. The molecule has 0 fully saturated rings. The molecule has 1 aliphatic rings. The standard InChI is InChI=1S/C25H34N4O5/c1-16-15-21(30)29(3)17(2)22(16)24(31)28-20(25(32)33)11-14-34-13-5-4-8-19-10-9-18-7-6-12-26-23(18)27-19/h9-10,15,20H,4-8,11-14H2,1-3H3,(H,26,27)(H,28,31)(H,32,33)/t20-/m0/s1. The molecule has 2 aromatic heterocycles. The van der Waals surface area contributed by atoms with E-state index in [-0.39, 0.29) is 18.6 Å². The number of aryl methyl sites for hydroxylation is 3. The van der Waals surface area contributed by atoms with Crippen LogP contribution in [0.25, 0.3) is 0 Å². The minimum atomic E-state index is -1.12. The Morgan fingerprint density at radius 3 is 2.82 bits per heavy atom. The summed E-state index contributed by atoms with van der Waals surface area (Å²) in [4.78, 5) is 40.9. The van der Waals surface area contributed by atoms with Crippen LogP contribution < -0.4 is 16.2 Å². The van der Waals surface area contributed by atoms with E-state index in [4.69, 9.17) is 4.74 Å². The molecule has 0 unspecified atom stereocenters. The van der Waals surface area contributed by atoms with Crippen LogP contribution in [0, 0.1) is 13.8 Å². The van der Waals surface area contributed by atoms with Crippen molar-refractivity contribution in [3.05, 3.63) is 56.6 Å². The first-order valence-electron chi connectivity index (χ1n) is 11.8. The molecule has 0 radical (unpaired) electrons. The van der Waals surface area contributed by atoms with Crippen molar-refractivity contribution in [3.8, 4) is 0 Å². The van der Waals surface area contributed by atoms with Gasteiger partial charge in [0.05, 0.1) is 5.56 Å². The Morgan fingerprint density at radius 1 is 1.26 bits per heavy atom. The highest BCUT2D eigenvalue weighted by Gasteiger charge is 2.23. The maximum Gasteiger partial charge on any atom is 0.326 e. The molecule has 0 saturated heterocycles. The second-order valence-corrected chi connectivity index (χ2v) is 8.75. The van der Waals surface area contributed by atoms with Gasteiger partial charge >= 0.3 is 5.97 Å². The quantitative estimate of drug-likeness (QED) is 0.431. The summed E-state index contributed by atoms with van der Waals surface area (Å²) in [7, 11) is 1.58. The van der Waals surface area contributed by atoms with Gasteiger partial charge in [0, 0.05) is 50.7 Å². The number of carboxylic acid groups (broad SMARTS) is 1. The average Bonchev–Trinajstić information content (AvgIpc) is 2.81. The Bertz CT molecular complexity index is 1100. The molecule has 184 valence electrons. The average molecular weight is 471 g/mol. The zero-order valence-corrected chi connectivity index (χ0v) is 20.1. The first-order chi connectivity index (χ1) is 16.3. The monoisotopic (exact) mass is 470 g/mol. The Balaban J connectivity index is 1.41. The highest BCUT2D eigenvalue weighted by molar-refractivity contribution is 5.98. The highest BCUT2D eigenvalue weighted by Crippen LogP contribution is 2.20. The molecule has 3 N–H and O–H groups in total. The maximum atomic E-state index is 12.7. The number of ether oxygens (including phenoxy) is 1. The summed E-state index contributed by atoms with van der Waals surface area (Å²) < 4.78 is 6.99. The van der Waals surface area contributed by atoms with Crippen molar-refractivity contribution in [1.29, 1.82) is 0 Å². The number of anilines is 1. The SMILES string of the molecule is Cc1cc(=O)n(C)c(C)c1C(=O)N[C@@H](CCOCCCCc1ccc2c(n1)NCCC2)C(=O)O. The molecule has 1 aliphatic heterocycles. The van der Waals surface area contributed by atoms with Crippen LogP contribution in [0.3, 0.4) is 0 Å². The second-order valence-electron chi connectivity index (χ2n) is 8.75. The number of unbranched alkanes of at least 4 members (excludes halogenated alkanes) is 1. The lowest BCUT2D eigenvalue weighted by Crippen LogP contribution is -2.42. The third kappa shape index (κ3) is 6.44. The molecule has 1 atom stereocenters. The lowest BCUT2D eigenvalue weighted by molar-refractivity contribution is -0.139. The fraction of sp³-hybridized carbons (Fsp3) is 0.520. The summed E-state index contributed by atoms with van der Waals surface area (Å²) in [6.07, 6.45) is 5.01. The lowest BCUT2D eigenvalue weighted by Gasteiger charge is -2.18. The number of carbonyl (C=O) groups excluding carboxylic acids is 1. The van der Waals surface area contributed by atoms with E-state index in [1.165, 1.54) is 16.2 Å². The topological polar surface area (TPSA) is 123 Å². The van der Waals surface area contributed by atoms with Gasteiger partial charge in [-0.15, -0.1) is 0 Å². The summed E-state index contributed by atoms with van der Waals surface area (Å²) in [5.41, 5.74) is 3.45. The van der Waals surface area contributed by atoms with E-state index in [2.05, 4.69) is 27.8 Å². The molecule has 0 spiro atoms. The molecular weight excluding hydrogens is 436 g/mol. The first kappa shape index (κ1) is 25.4. The van der Waals surface area contributed by atoms with Gasteiger partial charge in [-0.3, -0.25) is 9.59 Å². The number of fused-ring (bicyclic) bond motifs is 1. The van der Waals surface area contributed by atoms with Gasteiger partial charge in [0.1, 0.15) is 11.9 Å². The zero-order valence-electron chi connectivity index (χ0n) is 20.1. The van der Waals surface area contributed by atoms with Gasteiger partial charge in [-0.2, -0.15) is 0 Å². The smallest absolute Gasteiger partial charge is 0.326 e. The molecule has 3 heterocycles. The molecule has 2 aromatic rings. The Hall–Kier alpha value is -3.20. The molecule has 0 aliphatic carbocycles. The molecule has 0 aromatic carbocycles. The Labute approximate surface area is 199 Å². The molecule has 9 heteroatoms. The second kappa shape index (κ2) is 11.8. The van der Waals surface area contributed by atoms with Gasteiger partial charge in [0.15, 0.2) is 0 Å². The molecule has 3 rings (SSSR count). The van der Waals surface area contributed by atoms with Gasteiger partial charge < -0.3 is 25.0 Å². The van der Waals surface area contributed by atoms with Crippen molar-refractivity contribution < 1.29 is 19.4 Å². The van der Waals surface area contributed by atoms with Gasteiger partial charge in [-0.1, -0.05) is 6.07 Å². The number of pyridine rings is 2. The summed E-state index contributed by atoms with van der Waals surface area (Å²) in [5, 5.41) is 15.4. The maximum absolute atomic E-state index is 12.7.